The second-order valence-corrected chi connectivity index (χ2v) is 15.1. The summed E-state index contributed by atoms with van der Waals surface area (Å²) in [5, 5.41) is 0. The molecule has 2 aromatic carbocycles. The molecule has 5 heteroatoms. The number of carbonyl (C=O) groups excluding carboxylic acids is 1. The quantitative estimate of drug-likeness (QED) is 0.119. The van der Waals surface area contributed by atoms with Crippen LogP contribution in [0, 0.1) is 0 Å². The zero-order valence-corrected chi connectivity index (χ0v) is 21.3. The molecular formula is C27H40O4Si. The highest BCUT2D eigenvalue weighted by atomic mass is 28.3. The second kappa shape index (κ2) is 14.0. The normalized spacial score (nSPS) is 11.2. The molecule has 0 atom stereocenters. The highest BCUT2D eigenvalue weighted by Gasteiger charge is 2.12. The van der Waals surface area contributed by atoms with Gasteiger partial charge in [0.15, 0.2) is 0 Å². The summed E-state index contributed by atoms with van der Waals surface area (Å²) < 4.78 is 17.0. The van der Waals surface area contributed by atoms with Gasteiger partial charge in [-0.2, -0.15) is 0 Å². The number of hydrogen-bond acceptors (Lipinski definition) is 4. The standard InChI is InChI=1S/C27H40O4Si/c1-5-6-7-8-9-10-20-29-25-16-18-26(19-17-25)31-27(28)23-12-14-24(15-13-23)30-21-11-22-32(2,3)4/h12-19H,5-11,20-22H2,1-4H3. The molecule has 32 heavy (non-hydrogen) atoms. The van der Waals surface area contributed by atoms with Crippen LogP contribution in [0.5, 0.6) is 17.2 Å². The molecule has 4 nitrogen and oxygen atoms in total. The summed E-state index contributed by atoms with van der Waals surface area (Å²) in [4.78, 5) is 12.4. The number of esters is 1. The number of unbranched alkanes of at least 4 members (excludes halogenated alkanes) is 5. The molecule has 0 aliphatic rings. The molecule has 0 radical (unpaired) electrons. The van der Waals surface area contributed by atoms with E-state index in [1.165, 1.54) is 38.1 Å². The molecular weight excluding hydrogens is 416 g/mol. The van der Waals surface area contributed by atoms with Crippen molar-refractivity contribution in [3.8, 4) is 17.2 Å². The lowest BCUT2D eigenvalue weighted by Gasteiger charge is -2.15. The Balaban J connectivity index is 1.70. The van der Waals surface area contributed by atoms with E-state index >= 15 is 0 Å². The fourth-order valence-electron chi connectivity index (χ4n) is 3.32. The van der Waals surface area contributed by atoms with Crippen molar-refractivity contribution in [2.45, 2.75) is 77.6 Å². The third kappa shape index (κ3) is 10.8. The van der Waals surface area contributed by atoms with Crippen molar-refractivity contribution in [1.29, 1.82) is 0 Å². The van der Waals surface area contributed by atoms with Crippen LogP contribution in [0.1, 0.15) is 62.2 Å². The minimum absolute atomic E-state index is 0.379. The molecule has 0 saturated heterocycles. The van der Waals surface area contributed by atoms with E-state index in [0.717, 1.165) is 30.9 Å². The van der Waals surface area contributed by atoms with Crippen LogP contribution in [-0.4, -0.2) is 27.3 Å². The zero-order chi connectivity index (χ0) is 23.2. The second-order valence-electron chi connectivity index (χ2n) is 9.51. The predicted molar refractivity (Wildman–Crippen MR) is 135 cm³/mol. The first-order valence-electron chi connectivity index (χ1n) is 12.1. The third-order valence-electron chi connectivity index (χ3n) is 5.23. The molecule has 0 aromatic heterocycles. The lowest BCUT2D eigenvalue weighted by Crippen LogP contribution is -2.19. The summed E-state index contributed by atoms with van der Waals surface area (Å²) in [6.07, 6.45) is 8.52. The van der Waals surface area contributed by atoms with E-state index in [2.05, 4.69) is 26.6 Å². The Kier molecular flexibility index (Phi) is 11.4. The van der Waals surface area contributed by atoms with Gasteiger partial charge in [0, 0.05) is 8.07 Å². The first-order chi connectivity index (χ1) is 15.4. The highest BCUT2D eigenvalue weighted by Crippen LogP contribution is 2.20. The van der Waals surface area contributed by atoms with Crippen LogP contribution < -0.4 is 14.2 Å². The van der Waals surface area contributed by atoms with E-state index in [4.69, 9.17) is 14.2 Å². The van der Waals surface area contributed by atoms with Gasteiger partial charge in [-0.25, -0.2) is 4.79 Å². The van der Waals surface area contributed by atoms with Crippen molar-refractivity contribution in [2.75, 3.05) is 13.2 Å². The monoisotopic (exact) mass is 456 g/mol. The Morgan fingerprint density at radius 3 is 1.78 bits per heavy atom. The van der Waals surface area contributed by atoms with Crippen LogP contribution in [0.3, 0.4) is 0 Å². The Labute approximate surface area is 195 Å². The molecule has 0 amide bonds. The van der Waals surface area contributed by atoms with Crippen LogP contribution >= 0.6 is 0 Å². The van der Waals surface area contributed by atoms with Gasteiger partial charge in [-0.3, -0.25) is 0 Å². The molecule has 0 fully saturated rings. The van der Waals surface area contributed by atoms with Gasteiger partial charge in [-0.15, -0.1) is 0 Å². The molecule has 0 unspecified atom stereocenters. The van der Waals surface area contributed by atoms with E-state index < -0.39 is 8.07 Å². The average molecular weight is 457 g/mol. The molecule has 0 N–H and O–H groups in total. The van der Waals surface area contributed by atoms with Gasteiger partial charge in [0.25, 0.3) is 0 Å². The maximum Gasteiger partial charge on any atom is 0.343 e. The number of hydrogen-bond donors (Lipinski definition) is 0. The third-order valence-corrected chi connectivity index (χ3v) is 7.08. The minimum atomic E-state index is -1.02. The SMILES string of the molecule is CCCCCCCCOc1ccc(OC(=O)c2ccc(OCCC[Si](C)(C)C)cc2)cc1. The average Bonchev–Trinajstić information content (AvgIpc) is 2.77. The van der Waals surface area contributed by atoms with E-state index in [0.29, 0.717) is 17.9 Å². The van der Waals surface area contributed by atoms with E-state index in [1.807, 2.05) is 24.3 Å². The summed E-state index contributed by atoms with van der Waals surface area (Å²) in [6, 6.07) is 15.6. The van der Waals surface area contributed by atoms with Crippen LogP contribution in [0.2, 0.25) is 25.7 Å². The lowest BCUT2D eigenvalue weighted by atomic mass is 10.1. The van der Waals surface area contributed by atoms with Crippen LogP contribution in [0.25, 0.3) is 0 Å². The first-order valence-corrected chi connectivity index (χ1v) is 15.8. The Morgan fingerprint density at radius 1 is 0.688 bits per heavy atom. The number of rotatable bonds is 15. The fourth-order valence-corrected chi connectivity index (χ4v) is 4.53. The summed E-state index contributed by atoms with van der Waals surface area (Å²) in [7, 11) is -1.02. The lowest BCUT2D eigenvalue weighted by molar-refractivity contribution is 0.0734. The minimum Gasteiger partial charge on any atom is -0.494 e. The first kappa shape index (κ1) is 26.0. The van der Waals surface area contributed by atoms with Gasteiger partial charge in [0.1, 0.15) is 17.2 Å². The fraction of sp³-hybridized carbons (Fsp3) is 0.519. The van der Waals surface area contributed by atoms with Gasteiger partial charge in [0.2, 0.25) is 0 Å². The van der Waals surface area contributed by atoms with Crippen molar-refractivity contribution >= 4 is 14.0 Å². The van der Waals surface area contributed by atoms with Crippen molar-refractivity contribution in [3.63, 3.8) is 0 Å². The Hall–Kier alpha value is -2.27. The maximum absolute atomic E-state index is 12.4. The van der Waals surface area contributed by atoms with E-state index in [9.17, 15) is 4.79 Å². The molecule has 0 spiro atoms. The maximum atomic E-state index is 12.4. The highest BCUT2D eigenvalue weighted by molar-refractivity contribution is 6.76. The number of ether oxygens (including phenoxy) is 3. The number of carbonyl (C=O) groups is 1. The van der Waals surface area contributed by atoms with Crippen LogP contribution in [0.4, 0.5) is 0 Å². The zero-order valence-electron chi connectivity index (χ0n) is 20.3. The largest absolute Gasteiger partial charge is 0.494 e. The van der Waals surface area contributed by atoms with Gasteiger partial charge in [-0.1, -0.05) is 64.7 Å². The van der Waals surface area contributed by atoms with Crippen LogP contribution in [0.15, 0.2) is 48.5 Å². The molecule has 0 saturated carbocycles. The molecule has 176 valence electrons. The topological polar surface area (TPSA) is 44.8 Å². The number of benzene rings is 2. The van der Waals surface area contributed by atoms with Crippen molar-refractivity contribution in [2.24, 2.45) is 0 Å². The van der Waals surface area contributed by atoms with Crippen molar-refractivity contribution in [1.82, 2.24) is 0 Å². The molecule has 0 aliphatic carbocycles. The Morgan fingerprint density at radius 2 is 1.19 bits per heavy atom. The molecule has 0 bridgehead atoms. The molecule has 2 aromatic rings. The van der Waals surface area contributed by atoms with Crippen molar-refractivity contribution < 1.29 is 19.0 Å². The van der Waals surface area contributed by atoms with Crippen molar-refractivity contribution in [3.05, 3.63) is 54.1 Å². The summed E-state index contributed by atoms with van der Waals surface area (Å²) in [5.41, 5.74) is 0.503. The van der Waals surface area contributed by atoms with Gasteiger partial charge >= 0.3 is 5.97 Å². The van der Waals surface area contributed by atoms with E-state index in [1.54, 1.807) is 24.3 Å². The summed E-state index contributed by atoms with van der Waals surface area (Å²) in [6.45, 7) is 10.8. The summed E-state index contributed by atoms with van der Waals surface area (Å²) in [5.74, 6) is 1.71. The molecule has 2 rings (SSSR count). The summed E-state index contributed by atoms with van der Waals surface area (Å²) >= 11 is 0. The van der Waals surface area contributed by atoms with Gasteiger partial charge in [-0.05, 0) is 61.4 Å². The van der Waals surface area contributed by atoms with E-state index in [-0.39, 0.29) is 5.97 Å². The van der Waals surface area contributed by atoms with Gasteiger partial charge in [0.05, 0.1) is 18.8 Å². The predicted octanol–water partition coefficient (Wildman–Crippen LogP) is 7.75. The van der Waals surface area contributed by atoms with Crippen LogP contribution in [-0.2, 0) is 0 Å². The van der Waals surface area contributed by atoms with Gasteiger partial charge < -0.3 is 14.2 Å². The molecule has 0 heterocycles. The Bertz CT molecular complexity index is 779. The smallest absolute Gasteiger partial charge is 0.343 e. The molecule has 0 aliphatic heterocycles.